The molecule has 0 amide bonds. The minimum atomic E-state index is -0.387. The first kappa shape index (κ1) is 25.7. The van der Waals surface area contributed by atoms with Gasteiger partial charge >= 0.3 is 5.69 Å². The van der Waals surface area contributed by atoms with Crippen LogP contribution in [0.25, 0.3) is 11.2 Å². The molecule has 0 saturated carbocycles. The number of aromatic nitrogens is 4. The second-order valence-corrected chi connectivity index (χ2v) is 10.5. The summed E-state index contributed by atoms with van der Waals surface area (Å²) in [6.45, 7) is 9.46. The average molecular weight is 532 g/mol. The minimum absolute atomic E-state index is 0.341. The van der Waals surface area contributed by atoms with E-state index in [-0.39, 0.29) is 11.2 Å². The molecule has 0 spiro atoms. The molecule has 5 rings (SSSR count). The molecule has 10 heteroatoms. The number of piperazine rings is 1. The molecule has 1 aliphatic heterocycles. The molecule has 0 bridgehead atoms. The second kappa shape index (κ2) is 10.1. The van der Waals surface area contributed by atoms with Gasteiger partial charge in [-0.3, -0.25) is 18.5 Å². The number of rotatable bonds is 4. The Morgan fingerprint density at radius 2 is 1.53 bits per heavy atom. The summed E-state index contributed by atoms with van der Waals surface area (Å²) in [7, 11) is 3.17. The van der Waals surface area contributed by atoms with Crippen molar-refractivity contribution in [3.05, 3.63) is 85.6 Å². The van der Waals surface area contributed by atoms with Crippen molar-refractivity contribution < 1.29 is 0 Å². The third-order valence-electron chi connectivity index (χ3n) is 7.11. The van der Waals surface area contributed by atoms with Crippen LogP contribution in [-0.2, 0) is 20.6 Å². The molecule has 2 aromatic heterocycles. The number of aryl methyl sites for hydroxylation is 4. The molecule has 0 radical (unpaired) electrons. The van der Waals surface area contributed by atoms with E-state index in [1.807, 2.05) is 11.5 Å². The number of hydrogen-bond acceptors (Lipinski definition) is 5. The van der Waals surface area contributed by atoms with Gasteiger partial charge in [0, 0.05) is 46.0 Å². The van der Waals surface area contributed by atoms with E-state index in [2.05, 4.69) is 71.4 Å². The smallest absolute Gasteiger partial charge is 0.332 e. The van der Waals surface area contributed by atoms with Gasteiger partial charge < -0.3 is 15.1 Å². The van der Waals surface area contributed by atoms with E-state index in [0.29, 0.717) is 54.9 Å². The summed E-state index contributed by atoms with van der Waals surface area (Å²) in [4.78, 5) is 35.1. The average Bonchev–Trinajstić information content (AvgIpc) is 3.26. The molecule has 4 aromatic rings. The van der Waals surface area contributed by atoms with Gasteiger partial charge in [0.2, 0.25) is 5.95 Å². The fourth-order valence-electron chi connectivity index (χ4n) is 5.06. The van der Waals surface area contributed by atoms with Gasteiger partial charge in [0.1, 0.15) is 0 Å². The lowest BCUT2D eigenvalue weighted by Crippen LogP contribution is -2.50. The summed E-state index contributed by atoms with van der Waals surface area (Å²) in [5.41, 5.74) is 5.70. The Hall–Kier alpha value is -3.92. The molecule has 0 atom stereocenters. The molecule has 0 unspecified atom stereocenters. The lowest BCUT2D eigenvalue weighted by Gasteiger charge is -2.36. The maximum atomic E-state index is 13.3. The number of nitrogens with zero attached hydrogens (tertiary/aromatic N) is 6. The lowest BCUT2D eigenvalue weighted by molar-refractivity contribution is 0.386. The molecular weight excluding hydrogens is 498 g/mol. The van der Waals surface area contributed by atoms with Crippen LogP contribution in [0.15, 0.2) is 52.1 Å². The number of nitrogens with one attached hydrogen (secondary N) is 1. The molecule has 1 N–H and O–H groups in total. The third kappa shape index (κ3) is 4.83. The van der Waals surface area contributed by atoms with Crippen LogP contribution in [0.3, 0.4) is 0 Å². The van der Waals surface area contributed by atoms with Gasteiger partial charge in [-0.2, -0.15) is 4.98 Å². The largest absolute Gasteiger partial charge is 0.345 e. The quantitative estimate of drug-likeness (QED) is 0.406. The van der Waals surface area contributed by atoms with E-state index in [9.17, 15) is 9.59 Å². The van der Waals surface area contributed by atoms with Crippen molar-refractivity contribution in [3.63, 3.8) is 0 Å². The van der Waals surface area contributed by atoms with Gasteiger partial charge in [-0.1, -0.05) is 35.9 Å². The van der Waals surface area contributed by atoms with Crippen LogP contribution < -0.4 is 21.5 Å². The molecule has 1 aliphatic rings. The van der Waals surface area contributed by atoms with Crippen molar-refractivity contribution >= 4 is 40.1 Å². The number of benzene rings is 2. The van der Waals surface area contributed by atoms with Crippen molar-refractivity contribution in [2.24, 2.45) is 14.1 Å². The Morgan fingerprint density at radius 1 is 0.895 bits per heavy atom. The Bertz CT molecular complexity index is 1620. The van der Waals surface area contributed by atoms with Gasteiger partial charge in [0.15, 0.2) is 16.3 Å². The van der Waals surface area contributed by atoms with E-state index >= 15 is 0 Å². The predicted molar refractivity (Wildman–Crippen MR) is 156 cm³/mol. The van der Waals surface area contributed by atoms with Crippen molar-refractivity contribution in [2.45, 2.75) is 27.3 Å². The lowest BCUT2D eigenvalue weighted by atomic mass is 10.1. The first-order valence-corrected chi connectivity index (χ1v) is 13.1. The highest BCUT2D eigenvalue weighted by Gasteiger charge is 2.26. The van der Waals surface area contributed by atoms with Crippen molar-refractivity contribution in [2.75, 3.05) is 36.4 Å². The molecule has 198 valence electrons. The summed E-state index contributed by atoms with van der Waals surface area (Å²) in [5.74, 6) is 0.687. The summed E-state index contributed by atoms with van der Waals surface area (Å²) in [5, 5.41) is 4.07. The van der Waals surface area contributed by atoms with Crippen molar-refractivity contribution in [1.82, 2.24) is 23.6 Å². The highest BCUT2D eigenvalue weighted by atomic mass is 32.1. The molecule has 3 heterocycles. The van der Waals surface area contributed by atoms with Crippen LogP contribution in [0, 0.1) is 20.8 Å². The maximum absolute atomic E-state index is 13.3. The Kier molecular flexibility index (Phi) is 6.83. The predicted octanol–water partition coefficient (Wildman–Crippen LogP) is 2.93. The number of anilines is 2. The monoisotopic (exact) mass is 531 g/mol. The summed E-state index contributed by atoms with van der Waals surface area (Å²) in [6.07, 6.45) is 0. The van der Waals surface area contributed by atoms with Crippen LogP contribution in [0.4, 0.5) is 11.6 Å². The topological polar surface area (TPSA) is 80.3 Å². The third-order valence-corrected chi connectivity index (χ3v) is 7.47. The zero-order valence-electron chi connectivity index (χ0n) is 22.5. The SMILES string of the molecule is Cc1ccc(Cn2c(N3CCN(C(=S)Nc4cc(C)cc(C)c4)CC3)nc3c2c(=O)n(C)c(=O)n3C)cc1. The van der Waals surface area contributed by atoms with Crippen LogP contribution in [-0.4, -0.2) is 54.9 Å². The molecule has 1 saturated heterocycles. The number of hydrogen-bond donors (Lipinski definition) is 1. The highest BCUT2D eigenvalue weighted by molar-refractivity contribution is 7.80. The fourth-order valence-corrected chi connectivity index (χ4v) is 5.36. The molecular formula is C28H33N7O2S. The van der Waals surface area contributed by atoms with Crippen LogP contribution in [0.2, 0.25) is 0 Å². The summed E-state index contributed by atoms with van der Waals surface area (Å²) < 4.78 is 4.54. The normalized spacial score (nSPS) is 13.8. The molecule has 38 heavy (non-hydrogen) atoms. The first-order chi connectivity index (χ1) is 18.1. The standard InChI is InChI=1S/C28H33N7O2S/c1-18-6-8-21(9-7-18)17-35-23-24(31(4)28(37)32(5)25(23)36)30-26(35)33-10-12-34(13-11-33)27(38)29-22-15-19(2)14-20(3)16-22/h6-9,14-16H,10-13,17H2,1-5H3,(H,29,38). The number of imidazole rings is 1. The van der Waals surface area contributed by atoms with Gasteiger partial charge in [0.25, 0.3) is 5.56 Å². The van der Waals surface area contributed by atoms with Gasteiger partial charge in [-0.15, -0.1) is 0 Å². The van der Waals surface area contributed by atoms with E-state index in [4.69, 9.17) is 17.2 Å². The van der Waals surface area contributed by atoms with E-state index < -0.39 is 0 Å². The van der Waals surface area contributed by atoms with Crippen LogP contribution >= 0.6 is 12.2 Å². The van der Waals surface area contributed by atoms with Crippen molar-refractivity contribution in [1.29, 1.82) is 0 Å². The van der Waals surface area contributed by atoms with Crippen LogP contribution in [0.5, 0.6) is 0 Å². The van der Waals surface area contributed by atoms with E-state index in [1.54, 1.807) is 7.05 Å². The minimum Gasteiger partial charge on any atom is -0.345 e. The maximum Gasteiger partial charge on any atom is 0.332 e. The van der Waals surface area contributed by atoms with Gasteiger partial charge in [-0.25, -0.2) is 4.79 Å². The van der Waals surface area contributed by atoms with Gasteiger partial charge in [-0.05, 0) is 61.8 Å². The molecule has 2 aromatic carbocycles. The number of fused-ring (bicyclic) bond motifs is 1. The number of thiocarbonyl (C=S) groups is 1. The molecule has 1 fully saturated rings. The second-order valence-electron chi connectivity index (χ2n) is 10.1. The Morgan fingerprint density at radius 3 is 2.16 bits per heavy atom. The fraction of sp³-hybridized carbons (Fsp3) is 0.357. The zero-order chi connectivity index (χ0) is 27.1. The van der Waals surface area contributed by atoms with E-state index in [1.165, 1.54) is 28.3 Å². The van der Waals surface area contributed by atoms with Gasteiger partial charge in [0.05, 0.1) is 6.54 Å². The van der Waals surface area contributed by atoms with E-state index in [0.717, 1.165) is 15.8 Å². The Balaban J connectivity index is 1.44. The summed E-state index contributed by atoms with van der Waals surface area (Å²) >= 11 is 5.73. The highest BCUT2D eigenvalue weighted by Crippen LogP contribution is 2.23. The molecule has 9 nitrogen and oxygen atoms in total. The zero-order valence-corrected chi connectivity index (χ0v) is 23.3. The molecule has 0 aliphatic carbocycles. The Labute approximate surface area is 226 Å². The van der Waals surface area contributed by atoms with Crippen molar-refractivity contribution in [3.8, 4) is 0 Å². The first-order valence-electron chi connectivity index (χ1n) is 12.7. The summed E-state index contributed by atoms with van der Waals surface area (Å²) in [6, 6.07) is 14.6. The van der Waals surface area contributed by atoms with Crippen LogP contribution in [0.1, 0.15) is 22.3 Å².